The van der Waals surface area contributed by atoms with Crippen molar-refractivity contribution in [2.45, 2.75) is 32.4 Å². The van der Waals surface area contributed by atoms with E-state index in [2.05, 4.69) is 34.8 Å². The van der Waals surface area contributed by atoms with E-state index in [1.165, 1.54) is 18.7 Å². The maximum absolute atomic E-state index is 5.83. The van der Waals surface area contributed by atoms with E-state index in [1.807, 2.05) is 19.2 Å². The number of likely N-dealkylation sites (N-methyl/N-ethyl adjacent to an activating group) is 1. The van der Waals surface area contributed by atoms with Gasteiger partial charge >= 0.3 is 0 Å². The fourth-order valence-corrected chi connectivity index (χ4v) is 2.59. The molecule has 0 saturated carbocycles. The van der Waals surface area contributed by atoms with E-state index in [1.54, 1.807) is 0 Å². The Labute approximate surface area is 110 Å². The zero-order valence-electron chi connectivity index (χ0n) is 11.6. The van der Waals surface area contributed by atoms with Crippen LogP contribution in [-0.4, -0.2) is 42.6 Å². The topological polar surface area (TPSA) is 45.4 Å². The van der Waals surface area contributed by atoms with Gasteiger partial charge in [0.1, 0.15) is 0 Å². The Bertz CT molecular complexity index is 374. The summed E-state index contributed by atoms with van der Waals surface area (Å²) in [6.45, 7) is 7.62. The summed E-state index contributed by atoms with van der Waals surface area (Å²) in [5.74, 6) is 0. The maximum Gasteiger partial charge on any atom is 0.0569 e. The summed E-state index contributed by atoms with van der Waals surface area (Å²) in [6, 6.07) is 4.72. The monoisotopic (exact) mass is 248 g/mol. The molecule has 0 bridgehead atoms. The molecule has 1 saturated heterocycles. The van der Waals surface area contributed by atoms with Crippen LogP contribution in [0.4, 0.5) is 5.69 Å². The lowest BCUT2D eigenvalue weighted by Gasteiger charge is -2.30. The molecule has 1 unspecified atom stereocenters. The molecule has 2 atom stereocenters. The molecule has 4 nitrogen and oxygen atoms in total. The van der Waals surface area contributed by atoms with Gasteiger partial charge in [0, 0.05) is 25.2 Å². The first-order chi connectivity index (χ1) is 8.58. The minimum atomic E-state index is 0.00624. The highest BCUT2D eigenvalue weighted by atomic mass is 15.2. The second-order valence-corrected chi connectivity index (χ2v) is 5.39. The van der Waals surface area contributed by atoms with Crippen LogP contribution in [0.15, 0.2) is 18.3 Å². The van der Waals surface area contributed by atoms with E-state index in [9.17, 15) is 0 Å². The lowest BCUT2D eigenvalue weighted by Crippen LogP contribution is -2.38. The van der Waals surface area contributed by atoms with Crippen LogP contribution in [0.1, 0.15) is 32.0 Å². The summed E-state index contributed by atoms with van der Waals surface area (Å²) in [5.41, 5.74) is 8.00. The minimum absolute atomic E-state index is 0.00624. The van der Waals surface area contributed by atoms with Gasteiger partial charge in [0.25, 0.3) is 0 Å². The van der Waals surface area contributed by atoms with Gasteiger partial charge in [-0.3, -0.25) is 4.98 Å². The Hall–Kier alpha value is -1.13. The van der Waals surface area contributed by atoms with Crippen LogP contribution in [0.25, 0.3) is 0 Å². The number of nitrogens with two attached hydrogens (primary N) is 1. The number of rotatable bonds is 2. The second-order valence-electron chi connectivity index (χ2n) is 5.39. The lowest BCUT2D eigenvalue weighted by atomic mass is 10.2. The average molecular weight is 248 g/mol. The van der Waals surface area contributed by atoms with Gasteiger partial charge in [0.15, 0.2) is 0 Å². The van der Waals surface area contributed by atoms with Gasteiger partial charge < -0.3 is 15.5 Å². The van der Waals surface area contributed by atoms with Crippen LogP contribution >= 0.6 is 0 Å². The summed E-state index contributed by atoms with van der Waals surface area (Å²) in [4.78, 5) is 9.30. The molecule has 0 aromatic carbocycles. The first kappa shape index (κ1) is 13.3. The van der Waals surface area contributed by atoms with Crippen LogP contribution in [0, 0.1) is 0 Å². The van der Waals surface area contributed by atoms with Crippen molar-refractivity contribution in [3.8, 4) is 0 Å². The molecule has 1 aliphatic rings. The lowest BCUT2D eigenvalue weighted by molar-refractivity contribution is 0.337. The van der Waals surface area contributed by atoms with Crippen LogP contribution in [-0.2, 0) is 0 Å². The largest absolute Gasteiger partial charge is 0.366 e. The normalized spacial score (nSPS) is 23.8. The van der Waals surface area contributed by atoms with E-state index in [0.29, 0.717) is 6.04 Å². The Balaban J connectivity index is 2.14. The van der Waals surface area contributed by atoms with Gasteiger partial charge in [-0.1, -0.05) is 0 Å². The Morgan fingerprint density at radius 1 is 1.39 bits per heavy atom. The molecule has 100 valence electrons. The molecular formula is C14H24N4. The Morgan fingerprint density at radius 2 is 2.17 bits per heavy atom. The number of hydrogen-bond donors (Lipinski definition) is 1. The molecule has 1 aromatic heterocycles. The predicted octanol–water partition coefficient (Wildman–Crippen LogP) is 1.63. The van der Waals surface area contributed by atoms with Crippen LogP contribution in [0.3, 0.4) is 0 Å². The average Bonchev–Trinajstić information content (AvgIpc) is 2.50. The summed E-state index contributed by atoms with van der Waals surface area (Å²) >= 11 is 0. The predicted molar refractivity (Wildman–Crippen MR) is 75.8 cm³/mol. The molecule has 0 spiro atoms. The first-order valence-corrected chi connectivity index (χ1v) is 6.74. The third kappa shape index (κ3) is 3.00. The smallest absolute Gasteiger partial charge is 0.0569 e. The molecule has 0 radical (unpaired) electrons. The Kier molecular flexibility index (Phi) is 4.19. The van der Waals surface area contributed by atoms with E-state index in [-0.39, 0.29) is 6.04 Å². The van der Waals surface area contributed by atoms with Crippen molar-refractivity contribution in [1.82, 2.24) is 9.88 Å². The molecule has 1 aromatic rings. The van der Waals surface area contributed by atoms with Gasteiger partial charge in [-0.05, 0) is 46.0 Å². The minimum Gasteiger partial charge on any atom is -0.366 e. The molecule has 2 rings (SSSR count). The second kappa shape index (κ2) is 5.67. The number of aromatic nitrogens is 1. The van der Waals surface area contributed by atoms with E-state index in [4.69, 9.17) is 5.73 Å². The highest BCUT2D eigenvalue weighted by Gasteiger charge is 2.20. The Morgan fingerprint density at radius 3 is 2.78 bits per heavy atom. The fraction of sp³-hybridized carbons (Fsp3) is 0.643. The molecule has 2 heterocycles. The van der Waals surface area contributed by atoms with Crippen molar-refractivity contribution in [2.75, 3.05) is 31.6 Å². The van der Waals surface area contributed by atoms with Crippen molar-refractivity contribution in [1.29, 1.82) is 0 Å². The highest BCUT2D eigenvalue weighted by molar-refractivity contribution is 5.46. The molecule has 1 aliphatic heterocycles. The van der Waals surface area contributed by atoms with Crippen molar-refractivity contribution in [3.05, 3.63) is 24.0 Å². The number of anilines is 1. The first-order valence-electron chi connectivity index (χ1n) is 6.74. The van der Waals surface area contributed by atoms with Gasteiger partial charge in [0.05, 0.1) is 17.6 Å². The maximum atomic E-state index is 5.83. The van der Waals surface area contributed by atoms with E-state index >= 15 is 0 Å². The van der Waals surface area contributed by atoms with Gasteiger partial charge in [-0.2, -0.15) is 0 Å². The standard InChI is InChI=1S/C14H24N4/c1-11-10-17(3)7-4-8-18(11)13-5-6-14(12(2)15)16-9-13/h5-6,9,11-12H,4,7-8,10,15H2,1-3H3/t11?,12-/m1/s1. The molecule has 2 N–H and O–H groups in total. The van der Waals surface area contributed by atoms with Crippen molar-refractivity contribution in [3.63, 3.8) is 0 Å². The van der Waals surface area contributed by atoms with Crippen LogP contribution in [0.5, 0.6) is 0 Å². The zero-order chi connectivity index (χ0) is 13.1. The van der Waals surface area contributed by atoms with Gasteiger partial charge in [-0.15, -0.1) is 0 Å². The molecular weight excluding hydrogens is 224 g/mol. The van der Waals surface area contributed by atoms with Crippen molar-refractivity contribution >= 4 is 5.69 Å². The molecule has 18 heavy (non-hydrogen) atoms. The SMILES string of the molecule is CC1CN(C)CCCN1c1ccc([C@@H](C)N)nc1. The summed E-state index contributed by atoms with van der Waals surface area (Å²) < 4.78 is 0. The van der Waals surface area contributed by atoms with Crippen LogP contribution in [0.2, 0.25) is 0 Å². The number of nitrogens with zero attached hydrogens (tertiary/aromatic N) is 3. The molecule has 1 fully saturated rings. The van der Waals surface area contributed by atoms with Crippen molar-refractivity contribution < 1.29 is 0 Å². The molecule has 0 amide bonds. The van der Waals surface area contributed by atoms with E-state index < -0.39 is 0 Å². The quantitative estimate of drug-likeness (QED) is 0.864. The van der Waals surface area contributed by atoms with Crippen molar-refractivity contribution in [2.24, 2.45) is 5.73 Å². The molecule has 4 heteroatoms. The van der Waals surface area contributed by atoms with Gasteiger partial charge in [-0.25, -0.2) is 0 Å². The van der Waals surface area contributed by atoms with Gasteiger partial charge in [0.2, 0.25) is 0 Å². The van der Waals surface area contributed by atoms with E-state index in [0.717, 1.165) is 18.8 Å². The highest BCUT2D eigenvalue weighted by Crippen LogP contribution is 2.20. The fourth-order valence-electron chi connectivity index (χ4n) is 2.59. The summed E-state index contributed by atoms with van der Waals surface area (Å²) in [5, 5.41) is 0. The number of hydrogen-bond acceptors (Lipinski definition) is 4. The number of pyridine rings is 1. The molecule has 0 aliphatic carbocycles. The summed E-state index contributed by atoms with van der Waals surface area (Å²) in [7, 11) is 2.19. The van der Waals surface area contributed by atoms with Crippen LogP contribution < -0.4 is 10.6 Å². The third-order valence-electron chi connectivity index (χ3n) is 3.62. The summed E-state index contributed by atoms with van der Waals surface area (Å²) in [6.07, 6.45) is 3.16. The third-order valence-corrected chi connectivity index (χ3v) is 3.62. The zero-order valence-corrected chi connectivity index (χ0v) is 11.6.